The molecule has 0 spiro atoms. The van der Waals surface area contributed by atoms with Gasteiger partial charge in [-0.3, -0.25) is 4.79 Å². The van der Waals surface area contributed by atoms with Crippen molar-refractivity contribution in [3.05, 3.63) is 23.8 Å². The molecule has 1 rings (SSSR count). The van der Waals surface area contributed by atoms with Crippen LogP contribution >= 0.6 is 0 Å². The molecule has 1 aromatic carbocycles. The summed E-state index contributed by atoms with van der Waals surface area (Å²) < 4.78 is 10.3. The second-order valence-electron chi connectivity index (χ2n) is 3.78. The molecule has 4 nitrogen and oxygen atoms in total. The van der Waals surface area contributed by atoms with Crippen molar-refractivity contribution >= 4 is 11.6 Å². The summed E-state index contributed by atoms with van der Waals surface area (Å²) in [4.78, 5) is 11.6. The Labute approximate surface area is 102 Å². The average Bonchev–Trinajstić information content (AvgIpc) is 2.32. The van der Waals surface area contributed by atoms with Crippen LogP contribution in [0.2, 0.25) is 0 Å². The SMILES string of the molecule is CCCOCC(=O)Nc1cc(OC)ccc1C. The molecule has 4 heteroatoms. The van der Waals surface area contributed by atoms with Gasteiger partial charge < -0.3 is 14.8 Å². The van der Waals surface area contributed by atoms with Gasteiger partial charge in [0.1, 0.15) is 12.4 Å². The van der Waals surface area contributed by atoms with Crippen molar-refractivity contribution in [3.63, 3.8) is 0 Å². The van der Waals surface area contributed by atoms with Gasteiger partial charge in [0, 0.05) is 18.4 Å². The van der Waals surface area contributed by atoms with Crippen LogP contribution in [0.5, 0.6) is 5.75 Å². The minimum absolute atomic E-state index is 0.0878. The van der Waals surface area contributed by atoms with Crippen molar-refractivity contribution in [2.24, 2.45) is 0 Å². The maximum absolute atomic E-state index is 11.6. The van der Waals surface area contributed by atoms with E-state index in [0.717, 1.165) is 23.4 Å². The van der Waals surface area contributed by atoms with E-state index in [2.05, 4.69) is 5.32 Å². The lowest BCUT2D eigenvalue weighted by Crippen LogP contribution is -2.19. The molecule has 17 heavy (non-hydrogen) atoms. The van der Waals surface area contributed by atoms with E-state index in [1.54, 1.807) is 13.2 Å². The zero-order chi connectivity index (χ0) is 12.7. The summed E-state index contributed by atoms with van der Waals surface area (Å²) in [5.74, 6) is 0.579. The van der Waals surface area contributed by atoms with Gasteiger partial charge in [0.25, 0.3) is 0 Å². The van der Waals surface area contributed by atoms with Crippen LogP contribution in [0.3, 0.4) is 0 Å². The molecule has 94 valence electrons. The zero-order valence-electron chi connectivity index (χ0n) is 10.6. The number of carbonyl (C=O) groups excluding carboxylic acids is 1. The molecular weight excluding hydrogens is 218 g/mol. The van der Waals surface area contributed by atoms with Crippen LogP contribution < -0.4 is 10.1 Å². The molecule has 0 saturated heterocycles. The first kappa shape index (κ1) is 13.5. The van der Waals surface area contributed by atoms with Gasteiger partial charge in [0.15, 0.2) is 0 Å². The van der Waals surface area contributed by atoms with Gasteiger partial charge in [0.05, 0.1) is 7.11 Å². The summed E-state index contributed by atoms with van der Waals surface area (Å²) in [5.41, 5.74) is 1.75. The van der Waals surface area contributed by atoms with E-state index in [4.69, 9.17) is 9.47 Å². The molecule has 0 aliphatic carbocycles. The molecule has 0 radical (unpaired) electrons. The Morgan fingerprint density at radius 1 is 1.41 bits per heavy atom. The highest BCUT2D eigenvalue weighted by molar-refractivity contribution is 5.92. The maximum Gasteiger partial charge on any atom is 0.250 e. The zero-order valence-corrected chi connectivity index (χ0v) is 10.6. The first-order valence-electron chi connectivity index (χ1n) is 5.69. The molecule has 0 atom stereocenters. The highest BCUT2D eigenvalue weighted by Crippen LogP contribution is 2.21. The lowest BCUT2D eigenvalue weighted by Gasteiger charge is -2.10. The highest BCUT2D eigenvalue weighted by Gasteiger charge is 2.05. The molecule has 0 aliphatic heterocycles. The van der Waals surface area contributed by atoms with E-state index < -0.39 is 0 Å². The number of aryl methyl sites for hydroxylation is 1. The Hall–Kier alpha value is -1.55. The van der Waals surface area contributed by atoms with Gasteiger partial charge in [-0.15, -0.1) is 0 Å². The number of hydrogen-bond acceptors (Lipinski definition) is 3. The first-order valence-corrected chi connectivity index (χ1v) is 5.69. The number of anilines is 1. The fourth-order valence-corrected chi connectivity index (χ4v) is 1.36. The van der Waals surface area contributed by atoms with Crippen LogP contribution in [0.25, 0.3) is 0 Å². The number of ether oxygens (including phenoxy) is 2. The van der Waals surface area contributed by atoms with Crippen LogP contribution in [0.1, 0.15) is 18.9 Å². The van der Waals surface area contributed by atoms with Crippen LogP contribution in [-0.4, -0.2) is 26.2 Å². The molecule has 0 bridgehead atoms. The third kappa shape index (κ3) is 4.44. The van der Waals surface area contributed by atoms with E-state index >= 15 is 0 Å². The van der Waals surface area contributed by atoms with Crippen molar-refractivity contribution in [1.82, 2.24) is 0 Å². The Morgan fingerprint density at radius 3 is 2.82 bits per heavy atom. The number of methoxy groups -OCH3 is 1. The summed E-state index contributed by atoms with van der Waals surface area (Å²) in [6.45, 7) is 4.63. The number of nitrogens with one attached hydrogen (secondary N) is 1. The second-order valence-corrected chi connectivity index (χ2v) is 3.78. The van der Waals surface area contributed by atoms with Gasteiger partial charge >= 0.3 is 0 Å². The summed E-state index contributed by atoms with van der Waals surface area (Å²) in [6, 6.07) is 5.56. The van der Waals surface area contributed by atoms with E-state index in [9.17, 15) is 4.79 Å². The standard InChI is InChI=1S/C13H19NO3/c1-4-7-17-9-13(15)14-12-8-11(16-3)6-5-10(12)2/h5-6,8H,4,7,9H2,1-3H3,(H,14,15). The van der Waals surface area contributed by atoms with Crippen molar-refractivity contribution in [3.8, 4) is 5.75 Å². The lowest BCUT2D eigenvalue weighted by atomic mass is 10.2. The number of benzene rings is 1. The largest absolute Gasteiger partial charge is 0.497 e. The number of carbonyl (C=O) groups is 1. The molecular formula is C13H19NO3. The second kappa shape index (κ2) is 6.91. The highest BCUT2D eigenvalue weighted by atomic mass is 16.5. The van der Waals surface area contributed by atoms with Crippen LogP contribution in [0.4, 0.5) is 5.69 Å². The summed E-state index contributed by atoms with van der Waals surface area (Å²) in [5, 5.41) is 2.80. The molecule has 1 amide bonds. The number of hydrogen-bond donors (Lipinski definition) is 1. The Morgan fingerprint density at radius 2 is 2.18 bits per heavy atom. The van der Waals surface area contributed by atoms with Gasteiger partial charge in [0.2, 0.25) is 5.91 Å². The number of amides is 1. The summed E-state index contributed by atoms with van der Waals surface area (Å²) >= 11 is 0. The fourth-order valence-electron chi connectivity index (χ4n) is 1.36. The molecule has 0 fully saturated rings. The predicted molar refractivity (Wildman–Crippen MR) is 67.5 cm³/mol. The summed E-state index contributed by atoms with van der Waals surface area (Å²) in [6.07, 6.45) is 0.908. The quantitative estimate of drug-likeness (QED) is 0.773. The van der Waals surface area contributed by atoms with E-state index in [-0.39, 0.29) is 12.5 Å². The first-order chi connectivity index (χ1) is 8.17. The average molecular weight is 237 g/mol. The lowest BCUT2D eigenvalue weighted by molar-refractivity contribution is -0.120. The minimum Gasteiger partial charge on any atom is -0.497 e. The molecule has 1 aromatic rings. The van der Waals surface area contributed by atoms with Crippen LogP contribution in [0.15, 0.2) is 18.2 Å². The van der Waals surface area contributed by atoms with Crippen molar-refractivity contribution < 1.29 is 14.3 Å². The van der Waals surface area contributed by atoms with E-state index in [1.807, 2.05) is 26.0 Å². The van der Waals surface area contributed by atoms with Crippen molar-refractivity contribution in [2.75, 3.05) is 25.6 Å². The summed E-state index contributed by atoms with van der Waals surface area (Å²) in [7, 11) is 1.60. The smallest absolute Gasteiger partial charge is 0.250 e. The van der Waals surface area contributed by atoms with Crippen molar-refractivity contribution in [2.45, 2.75) is 20.3 Å². The Bertz CT molecular complexity index is 377. The third-order valence-electron chi connectivity index (χ3n) is 2.30. The predicted octanol–water partition coefficient (Wildman–Crippen LogP) is 2.37. The fraction of sp³-hybridized carbons (Fsp3) is 0.462. The van der Waals surface area contributed by atoms with E-state index in [0.29, 0.717) is 6.61 Å². The topological polar surface area (TPSA) is 47.6 Å². The van der Waals surface area contributed by atoms with Crippen molar-refractivity contribution in [1.29, 1.82) is 0 Å². The molecule has 0 saturated carbocycles. The van der Waals surface area contributed by atoms with Gasteiger partial charge in [-0.1, -0.05) is 13.0 Å². The molecule has 0 aliphatic rings. The monoisotopic (exact) mass is 237 g/mol. The van der Waals surface area contributed by atoms with E-state index in [1.165, 1.54) is 0 Å². The van der Waals surface area contributed by atoms with Gasteiger partial charge in [-0.05, 0) is 25.0 Å². The maximum atomic E-state index is 11.6. The molecule has 0 aromatic heterocycles. The molecule has 0 heterocycles. The van der Waals surface area contributed by atoms with Crippen LogP contribution in [0, 0.1) is 6.92 Å². The van der Waals surface area contributed by atoms with Gasteiger partial charge in [-0.2, -0.15) is 0 Å². The molecule has 1 N–H and O–H groups in total. The third-order valence-corrected chi connectivity index (χ3v) is 2.30. The minimum atomic E-state index is -0.144. The molecule has 0 unspecified atom stereocenters. The Balaban J connectivity index is 2.57. The van der Waals surface area contributed by atoms with Crippen LogP contribution in [-0.2, 0) is 9.53 Å². The normalized spacial score (nSPS) is 10.1. The Kier molecular flexibility index (Phi) is 5.49. The van der Waals surface area contributed by atoms with Gasteiger partial charge in [-0.25, -0.2) is 0 Å². The number of rotatable bonds is 6.